The Hall–Kier alpha value is -3.87. The average molecular weight is 539 g/mol. The SMILES string of the molecule is Cc1ccc(C2=C(Oc3ccc(OC4CCCCO4)cc3)c3ccc(OCc4ccccc4)cc3S2=O)cc1. The Morgan fingerprint density at radius 2 is 1.59 bits per heavy atom. The van der Waals surface area contributed by atoms with Crippen molar-refractivity contribution in [1.29, 1.82) is 0 Å². The lowest BCUT2D eigenvalue weighted by Gasteiger charge is -2.23. The van der Waals surface area contributed by atoms with Crippen molar-refractivity contribution in [1.82, 2.24) is 0 Å². The Morgan fingerprint density at radius 3 is 2.33 bits per heavy atom. The summed E-state index contributed by atoms with van der Waals surface area (Å²) in [6.07, 6.45) is 2.88. The van der Waals surface area contributed by atoms with Crippen molar-refractivity contribution in [3.63, 3.8) is 0 Å². The number of rotatable bonds is 8. The summed E-state index contributed by atoms with van der Waals surface area (Å²) >= 11 is 0. The minimum absolute atomic E-state index is 0.205. The summed E-state index contributed by atoms with van der Waals surface area (Å²) in [5, 5.41) is 0. The molecule has 1 saturated heterocycles. The van der Waals surface area contributed by atoms with Crippen molar-refractivity contribution < 1.29 is 23.2 Å². The lowest BCUT2D eigenvalue weighted by Crippen LogP contribution is -2.24. The predicted octanol–water partition coefficient (Wildman–Crippen LogP) is 7.51. The van der Waals surface area contributed by atoms with Gasteiger partial charge in [-0.3, -0.25) is 0 Å². The molecule has 2 heterocycles. The predicted molar refractivity (Wildman–Crippen MR) is 153 cm³/mol. The smallest absolute Gasteiger partial charge is 0.199 e. The lowest BCUT2D eigenvalue weighted by molar-refractivity contribution is -0.105. The molecule has 0 bridgehead atoms. The lowest BCUT2D eigenvalue weighted by atomic mass is 10.1. The van der Waals surface area contributed by atoms with Crippen LogP contribution in [0.5, 0.6) is 17.2 Å². The van der Waals surface area contributed by atoms with Gasteiger partial charge in [0.15, 0.2) is 12.0 Å². The second-order valence-corrected chi connectivity index (χ2v) is 11.1. The molecule has 0 spiro atoms. The Kier molecular flexibility index (Phi) is 7.48. The highest BCUT2D eigenvalue weighted by molar-refractivity contribution is 7.95. The number of hydrogen-bond donors (Lipinski definition) is 0. The van der Waals surface area contributed by atoms with Crippen LogP contribution in [0.1, 0.15) is 41.5 Å². The first-order chi connectivity index (χ1) is 19.1. The molecule has 198 valence electrons. The zero-order valence-corrected chi connectivity index (χ0v) is 22.6. The normalized spacial score (nSPS) is 18.5. The maximum absolute atomic E-state index is 13.9. The summed E-state index contributed by atoms with van der Waals surface area (Å²) in [4.78, 5) is 1.33. The third-order valence-corrected chi connectivity index (χ3v) is 8.33. The standard InChI is InChI=1S/C33H30O5S/c1-23-10-12-25(13-11-23)33-32(38-27-16-14-26(15-17-27)37-31-9-5-6-20-35-31)29-19-18-28(21-30(29)39(33)34)36-22-24-7-3-2-4-8-24/h2-4,7-8,10-19,21,31H,5-6,9,20,22H2,1H3. The molecule has 2 unspecified atom stereocenters. The van der Waals surface area contributed by atoms with E-state index in [4.69, 9.17) is 18.9 Å². The van der Waals surface area contributed by atoms with Crippen LogP contribution in [0.4, 0.5) is 0 Å². The van der Waals surface area contributed by atoms with Gasteiger partial charge < -0.3 is 18.9 Å². The van der Waals surface area contributed by atoms with Crippen molar-refractivity contribution in [2.24, 2.45) is 0 Å². The van der Waals surface area contributed by atoms with E-state index in [-0.39, 0.29) is 6.29 Å². The number of fused-ring (bicyclic) bond motifs is 1. The molecule has 39 heavy (non-hydrogen) atoms. The molecule has 2 atom stereocenters. The summed E-state index contributed by atoms with van der Waals surface area (Å²) in [5.74, 6) is 2.63. The Bertz CT molecular complexity index is 1490. The molecule has 0 radical (unpaired) electrons. The first-order valence-electron chi connectivity index (χ1n) is 13.2. The minimum Gasteiger partial charge on any atom is -0.489 e. The largest absolute Gasteiger partial charge is 0.489 e. The van der Waals surface area contributed by atoms with Gasteiger partial charge in [-0.05, 0) is 73.4 Å². The quantitative estimate of drug-likeness (QED) is 0.232. The topological polar surface area (TPSA) is 54.0 Å². The van der Waals surface area contributed by atoms with Gasteiger partial charge in [0.25, 0.3) is 0 Å². The molecule has 0 amide bonds. The molecule has 0 saturated carbocycles. The van der Waals surface area contributed by atoms with Crippen LogP contribution in [0.2, 0.25) is 0 Å². The van der Waals surface area contributed by atoms with E-state index in [9.17, 15) is 4.21 Å². The van der Waals surface area contributed by atoms with Gasteiger partial charge in [-0.2, -0.15) is 0 Å². The third kappa shape index (κ3) is 5.77. The van der Waals surface area contributed by atoms with Gasteiger partial charge >= 0.3 is 0 Å². The Morgan fingerprint density at radius 1 is 0.846 bits per heavy atom. The molecule has 2 aliphatic heterocycles. The average Bonchev–Trinajstić information content (AvgIpc) is 3.25. The fraction of sp³-hybridized carbons (Fsp3) is 0.212. The summed E-state index contributed by atoms with van der Waals surface area (Å²) in [6, 6.07) is 31.2. The molecular weight excluding hydrogens is 508 g/mol. The summed E-state index contributed by atoms with van der Waals surface area (Å²) in [5.41, 5.74) is 3.87. The van der Waals surface area contributed by atoms with Crippen LogP contribution in [0, 0.1) is 6.92 Å². The molecule has 6 rings (SSSR count). The molecule has 0 N–H and O–H groups in total. The molecule has 4 aromatic carbocycles. The van der Waals surface area contributed by atoms with E-state index in [1.54, 1.807) is 0 Å². The second-order valence-electron chi connectivity index (χ2n) is 9.71. The van der Waals surface area contributed by atoms with E-state index in [2.05, 4.69) is 0 Å². The maximum Gasteiger partial charge on any atom is 0.199 e. The van der Waals surface area contributed by atoms with Crippen LogP contribution in [-0.4, -0.2) is 17.1 Å². The number of aryl methyl sites for hydroxylation is 1. The zero-order chi connectivity index (χ0) is 26.6. The molecule has 0 aliphatic carbocycles. The minimum atomic E-state index is -1.43. The van der Waals surface area contributed by atoms with Crippen molar-refractivity contribution in [2.45, 2.75) is 44.0 Å². The van der Waals surface area contributed by atoms with Crippen molar-refractivity contribution >= 4 is 21.5 Å². The summed E-state index contributed by atoms with van der Waals surface area (Å²) in [6.45, 7) is 3.21. The first kappa shape index (κ1) is 25.4. The van der Waals surface area contributed by atoms with Gasteiger partial charge in [0.2, 0.25) is 0 Å². The zero-order valence-electron chi connectivity index (χ0n) is 21.8. The molecule has 4 aromatic rings. The van der Waals surface area contributed by atoms with Crippen LogP contribution in [0.25, 0.3) is 10.7 Å². The summed E-state index contributed by atoms with van der Waals surface area (Å²) < 4.78 is 38.0. The highest BCUT2D eigenvalue weighted by Crippen LogP contribution is 2.44. The molecule has 6 heteroatoms. The fourth-order valence-electron chi connectivity index (χ4n) is 4.70. The van der Waals surface area contributed by atoms with Gasteiger partial charge in [-0.15, -0.1) is 0 Å². The fourth-order valence-corrected chi connectivity index (χ4v) is 6.17. The van der Waals surface area contributed by atoms with Crippen molar-refractivity contribution in [3.8, 4) is 17.2 Å². The first-order valence-corrected chi connectivity index (χ1v) is 14.4. The van der Waals surface area contributed by atoms with Crippen molar-refractivity contribution in [2.75, 3.05) is 6.61 Å². The monoisotopic (exact) mass is 538 g/mol. The van der Waals surface area contributed by atoms with E-state index in [1.807, 2.05) is 104 Å². The van der Waals surface area contributed by atoms with Crippen LogP contribution in [0.15, 0.2) is 102 Å². The highest BCUT2D eigenvalue weighted by atomic mass is 32.2. The molecule has 1 fully saturated rings. The van der Waals surface area contributed by atoms with Crippen LogP contribution < -0.4 is 14.2 Å². The number of hydrogen-bond acceptors (Lipinski definition) is 5. The van der Waals surface area contributed by atoms with Gasteiger partial charge in [0.1, 0.15) is 23.9 Å². The van der Waals surface area contributed by atoms with Crippen LogP contribution >= 0.6 is 0 Å². The second kappa shape index (κ2) is 11.5. The van der Waals surface area contributed by atoms with E-state index >= 15 is 0 Å². The third-order valence-electron chi connectivity index (χ3n) is 6.80. The Balaban J connectivity index is 1.27. The van der Waals surface area contributed by atoms with Crippen LogP contribution in [0.3, 0.4) is 0 Å². The van der Waals surface area contributed by atoms with E-state index in [0.29, 0.717) is 33.7 Å². The van der Waals surface area contributed by atoms with Gasteiger partial charge in [-0.25, -0.2) is 4.21 Å². The molecule has 2 aliphatic rings. The summed E-state index contributed by atoms with van der Waals surface area (Å²) in [7, 11) is -1.43. The van der Waals surface area contributed by atoms with E-state index < -0.39 is 10.8 Å². The maximum atomic E-state index is 13.9. The highest BCUT2D eigenvalue weighted by Gasteiger charge is 2.32. The van der Waals surface area contributed by atoms with Gasteiger partial charge in [-0.1, -0.05) is 60.2 Å². The van der Waals surface area contributed by atoms with Crippen LogP contribution in [-0.2, 0) is 22.1 Å². The van der Waals surface area contributed by atoms with Gasteiger partial charge in [0, 0.05) is 12.0 Å². The van der Waals surface area contributed by atoms with E-state index in [0.717, 1.165) is 53.9 Å². The van der Waals surface area contributed by atoms with Gasteiger partial charge in [0.05, 0.1) is 27.2 Å². The molecule has 0 aromatic heterocycles. The Labute approximate surface area is 231 Å². The molecule has 5 nitrogen and oxygen atoms in total. The molecular formula is C33H30O5S. The van der Waals surface area contributed by atoms with Crippen molar-refractivity contribution in [3.05, 3.63) is 119 Å². The number of benzene rings is 4. The number of ether oxygens (including phenoxy) is 4. The van der Waals surface area contributed by atoms with E-state index in [1.165, 1.54) is 0 Å².